The molecule has 2 unspecified atom stereocenters. The average molecular weight is 308 g/mol. The molecule has 0 aromatic carbocycles. The predicted molar refractivity (Wildman–Crippen MR) is 75.4 cm³/mol. The van der Waals surface area contributed by atoms with E-state index in [-0.39, 0.29) is 11.4 Å². The fourth-order valence-corrected chi connectivity index (χ4v) is 3.41. The van der Waals surface area contributed by atoms with Crippen LogP contribution in [0.3, 0.4) is 0 Å². The molecule has 0 saturated carbocycles. The number of nitrogens with zero attached hydrogens (tertiary/aromatic N) is 5. The van der Waals surface area contributed by atoms with E-state index in [0.717, 1.165) is 15.5 Å². The van der Waals surface area contributed by atoms with Gasteiger partial charge >= 0.3 is 0 Å². The lowest BCUT2D eigenvalue weighted by atomic mass is 10.2. The van der Waals surface area contributed by atoms with E-state index in [0.29, 0.717) is 12.4 Å². The van der Waals surface area contributed by atoms with Crippen molar-refractivity contribution in [2.45, 2.75) is 11.4 Å². The van der Waals surface area contributed by atoms with E-state index >= 15 is 0 Å². The first-order chi connectivity index (χ1) is 9.83. The number of halogens is 1. The Kier molecular flexibility index (Phi) is 2.88. The number of aromatic nitrogens is 5. The minimum absolute atomic E-state index is 0.00915. The lowest BCUT2D eigenvalue weighted by Crippen LogP contribution is -2.25. The van der Waals surface area contributed by atoms with E-state index in [1.165, 1.54) is 11.3 Å². The maximum atomic E-state index is 6.25. The fourth-order valence-electron chi connectivity index (χ4n) is 2.12. The smallest absolute Gasteiger partial charge is 0.235 e. The van der Waals surface area contributed by atoms with Crippen molar-refractivity contribution in [3.63, 3.8) is 0 Å². The van der Waals surface area contributed by atoms with Gasteiger partial charge in [0.2, 0.25) is 4.96 Å². The number of hydrogen-bond donors (Lipinski definition) is 2. The summed E-state index contributed by atoms with van der Waals surface area (Å²) in [5.74, 6) is 0.688. The molecular weight excluding hydrogens is 298 g/mol. The molecule has 1 aliphatic rings. The molecule has 0 radical (unpaired) electrons. The highest BCUT2D eigenvalue weighted by atomic mass is 35.5. The van der Waals surface area contributed by atoms with Gasteiger partial charge in [0, 0.05) is 24.5 Å². The van der Waals surface area contributed by atoms with Gasteiger partial charge in [0.1, 0.15) is 5.01 Å². The second-order valence-corrected chi connectivity index (χ2v) is 5.97. The van der Waals surface area contributed by atoms with Crippen molar-refractivity contribution in [1.29, 1.82) is 0 Å². The average Bonchev–Trinajstić information content (AvgIpc) is 3.13. The summed E-state index contributed by atoms with van der Waals surface area (Å²) in [7, 11) is 0. The van der Waals surface area contributed by atoms with E-state index in [2.05, 4.69) is 31.1 Å². The molecule has 0 spiro atoms. The van der Waals surface area contributed by atoms with Crippen LogP contribution in [0.2, 0.25) is 0 Å². The van der Waals surface area contributed by atoms with Gasteiger partial charge in [-0.2, -0.15) is 9.61 Å². The summed E-state index contributed by atoms with van der Waals surface area (Å²) in [5.41, 5.74) is 7.04. The predicted octanol–water partition coefficient (Wildman–Crippen LogP) is 1.00. The SMILES string of the molecule is ClC1CNNC1c1nn2c(-c3cccnc3)nnc2s1. The van der Waals surface area contributed by atoms with Crippen molar-refractivity contribution < 1.29 is 0 Å². The van der Waals surface area contributed by atoms with E-state index < -0.39 is 0 Å². The first-order valence-corrected chi connectivity index (χ1v) is 7.33. The third kappa shape index (κ3) is 1.88. The Morgan fingerprint density at radius 2 is 2.35 bits per heavy atom. The van der Waals surface area contributed by atoms with Crippen LogP contribution in [0.4, 0.5) is 0 Å². The Balaban J connectivity index is 1.79. The summed E-state index contributed by atoms with van der Waals surface area (Å²) in [4.78, 5) is 4.84. The van der Waals surface area contributed by atoms with Crippen LogP contribution in [0.25, 0.3) is 16.3 Å². The molecule has 1 fully saturated rings. The maximum absolute atomic E-state index is 6.25. The van der Waals surface area contributed by atoms with Crippen molar-refractivity contribution in [1.82, 2.24) is 35.6 Å². The fraction of sp³-hybridized carbons (Fsp3) is 0.273. The van der Waals surface area contributed by atoms with Crippen LogP contribution in [-0.2, 0) is 0 Å². The first kappa shape index (κ1) is 12.2. The number of hydrazine groups is 1. The molecule has 9 heteroatoms. The van der Waals surface area contributed by atoms with Gasteiger partial charge < -0.3 is 0 Å². The van der Waals surface area contributed by atoms with Crippen LogP contribution >= 0.6 is 22.9 Å². The van der Waals surface area contributed by atoms with Gasteiger partial charge in [0.05, 0.1) is 11.4 Å². The monoisotopic (exact) mass is 307 g/mol. The highest BCUT2D eigenvalue weighted by molar-refractivity contribution is 7.16. The van der Waals surface area contributed by atoms with Gasteiger partial charge in [0.15, 0.2) is 5.82 Å². The van der Waals surface area contributed by atoms with Crippen LogP contribution < -0.4 is 10.9 Å². The number of fused-ring (bicyclic) bond motifs is 1. The molecule has 102 valence electrons. The van der Waals surface area contributed by atoms with Gasteiger partial charge in [-0.25, -0.2) is 5.43 Å². The van der Waals surface area contributed by atoms with Crippen LogP contribution in [0, 0.1) is 0 Å². The second-order valence-electron chi connectivity index (χ2n) is 4.42. The number of rotatable bonds is 2. The highest BCUT2D eigenvalue weighted by Crippen LogP contribution is 2.29. The highest BCUT2D eigenvalue weighted by Gasteiger charge is 2.30. The van der Waals surface area contributed by atoms with Crippen LogP contribution in [0.1, 0.15) is 11.0 Å². The molecular formula is C11H10ClN7S. The molecule has 3 aromatic rings. The molecule has 1 saturated heterocycles. The second kappa shape index (κ2) is 4.74. The van der Waals surface area contributed by atoms with E-state index in [9.17, 15) is 0 Å². The Labute approximate surface area is 123 Å². The molecule has 7 nitrogen and oxygen atoms in total. The summed E-state index contributed by atoms with van der Waals surface area (Å²) in [6, 6.07) is 3.79. The Morgan fingerprint density at radius 3 is 3.10 bits per heavy atom. The van der Waals surface area contributed by atoms with Gasteiger partial charge in [-0.3, -0.25) is 10.4 Å². The zero-order valence-electron chi connectivity index (χ0n) is 10.2. The summed E-state index contributed by atoms with van der Waals surface area (Å²) in [5, 5.41) is 13.8. The van der Waals surface area contributed by atoms with Gasteiger partial charge in [-0.05, 0) is 12.1 Å². The summed E-state index contributed by atoms with van der Waals surface area (Å²) in [6.07, 6.45) is 3.47. The number of pyridine rings is 1. The molecule has 4 heterocycles. The van der Waals surface area contributed by atoms with Crippen molar-refractivity contribution in [3.8, 4) is 11.4 Å². The van der Waals surface area contributed by atoms with Gasteiger partial charge in [-0.1, -0.05) is 11.3 Å². The van der Waals surface area contributed by atoms with Gasteiger partial charge in [-0.15, -0.1) is 21.8 Å². The summed E-state index contributed by atoms with van der Waals surface area (Å²) in [6.45, 7) is 0.710. The topological polar surface area (TPSA) is 80.0 Å². The van der Waals surface area contributed by atoms with Crippen LogP contribution in [0.5, 0.6) is 0 Å². The molecule has 20 heavy (non-hydrogen) atoms. The molecule has 1 aliphatic heterocycles. The molecule has 4 rings (SSSR count). The lowest BCUT2D eigenvalue weighted by Gasteiger charge is -2.07. The van der Waals surface area contributed by atoms with E-state index in [1.807, 2.05) is 12.1 Å². The third-order valence-electron chi connectivity index (χ3n) is 3.11. The van der Waals surface area contributed by atoms with Gasteiger partial charge in [0.25, 0.3) is 0 Å². The van der Waals surface area contributed by atoms with Crippen molar-refractivity contribution in [2.24, 2.45) is 0 Å². The lowest BCUT2D eigenvalue weighted by molar-refractivity contribution is 0.573. The molecule has 3 aromatic heterocycles. The minimum Gasteiger partial charge on any atom is -0.264 e. The van der Waals surface area contributed by atoms with Crippen LogP contribution in [0.15, 0.2) is 24.5 Å². The minimum atomic E-state index is -0.0272. The van der Waals surface area contributed by atoms with Crippen LogP contribution in [-0.4, -0.2) is 36.7 Å². The molecule has 2 atom stereocenters. The van der Waals surface area contributed by atoms with E-state index in [4.69, 9.17) is 11.6 Å². The summed E-state index contributed by atoms with van der Waals surface area (Å²) >= 11 is 7.74. The zero-order valence-corrected chi connectivity index (χ0v) is 11.8. The quantitative estimate of drug-likeness (QED) is 0.688. The Hall–Kier alpha value is -1.61. The van der Waals surface area contributed by atoms with Crippen molar-refractivity contribution in [2.75, 3.05) is 6.54 Å². The van der Waals surface area contributed by atoms with E-state index in [1.54, 1.807) is 16.9 Å². The van der Waals surface area contributed by atoms with Crippen molar-refractivity contribution >= 4 is 27.9 Å². The molecule has 0 amide bonds. The van der Waals surface area contributed by atoms with Crippen molar-refractivity contribution in [3.05, 3.63) is 29.5 Å². The first-order valence-electron chi connectivity index (χ1n) is 6.08. The number of nitrogens with one attached hydrogen (secondary N) is 2. The maximum Gasteiger partial charge on any atom is 0.235 e. The standard InChI is InChI=1S/C11H10ClN7S/c12-7-5-14-15-8(7)10-18-19-9(16-17-11(19)20-10)6-2-1-3-13-4-6/h1-4,7-8,14-15H,5H2. The largest absolute Gasteiger partial charge is 0.264 e. The summed E-state index contributed by atoms with van der Waals surface area (Å²) < 4.78 is 1.74. The molecule has 0 aliphatic carbocycles. The molecule has 2 N–H and O–H groups in total. The number of hydrogen-bond acceptors (Lipinski definition) is 7. The zero-order chi connectivity index (χ0) is 13.5. The normalized spacial score (nSPS) is 22.6. The molecule has 0 bridgehead atoms. The number of alkyl halides is 1. The third-order valence-corrected chi connectivity index (χ3v) is 4.50. The Morgan fingerprint density at radius 1 is 1.40 bits per heavy atom. The Bertz CT molecular complexity index is 740.